The van der Waals surface area contributed by atoms with E-state index in [-0.39, 0.29) is 18.3 Å². The van der Waals surface area contributed by atoms with Crippen molar-refractivity contribution >= 4 is 18.3 Å². The van der Waals surface area contributed by atoms with E-state index in [1.54, 1.807) is 12.4 Å². The summed E-state index contributed by atoms with van der Waals surface area (Å²) < 4.78 is 0. The maximum Gasteiger partial charge on any atom is 0.255 e. The number of pyridine rings is 1. The number of hydrogen-bond acceptors (Lipinski definition) is 2. The topological polar surface area (TPSA) is 33.2 Å². The summed E-state index contributed by atoms with van der Waals surface area (Å²) in [7, 11) is 0. The molecule has 1 aromatic rings. The maximum absolute atomic E-state index is 13.0. The first-order chi connectivity index (χ1) is 10.4. The van der Waals surface area contributed by atoms with Gasteiger partial charge in [0.05, 0.1) is 5.56 Å². The molecule has 3 rings (SSSR count). The summed E-state index contributed by atoms with van der Waals surface area (Å²) in [6.07, 6.45) is 15.9. The molecule has 4 heteroatoms. The molecule has 0 unspecified atom stereocenters. The normalized spacial score (nSPS) is 20.2. The van der Waals surface area contributed by atoms with Gasteiger partial charge in [0, 0.05) is 24.5 Å². The van der Waals surface area contributed by atoms with E-state index in [0.717, 1.165) is 5.56 Å². The third-order valence-electron chi connectivity index (χ3n) is 5.08. The van der Waals surface area contributed by atoms with E-state index < -0.39 is 0 Å². The minimum absolute atomic E-state index is 0. The number of aromatic nitrogens is 1. The van der Waals surface area contributed by atoms with Gasteiger partial charge in [0.1, 0.15) is 0 Å². The Morgan fingerprint density at radius 1 is 0.955 bits per heavy atom. The third-order valence-corrected chi connectivity index (χ3v) is 5.08. The zero-order chi connectivity index (χ0) is 14.5. The Bertz CT molecular complexity index is 435. The number of halogens is 1. The smallest absolute Gasteiger partial charge is 0.255 e. The minimum Gasteiger partial charge on any atom is -0.333 e. The van der Waals surface area contributed by atoms with Crippen LogP contribution in [0.1, 0.15) is 74.6 Å². The Morgan fingerprint density at radius 3 is 1.95 bits per heavy atom. The molecule has 1 heterocycles. The molecule has 2 fully saturated rings. The first kappa shape index (κ1) is 17.3. The van der Waals surface area contributed by atoms with Crippen molar-refractivity contribution in [2.24, 2.45) is 0 Å². The van der Waals surface area contributed by atoms with Gasteiger partial charge in [0.25, 0.3) is 5.91 Å². The lowest BCUT2D eigenvalue weighted by Crippen LogP contribution is -2.48. The van der Waals surface area contributed by atoms with E-state index in [9.17, 15) is 4.79 Å². The molecule has 1 amide bonds. The number of amides is 1. The van der Waals surface area contributed by atoms with Crippen molar-refractivity contribution < 1.29 is 4.79 Å². The molecule has 1 aromatic heterocycles. The van der Waals surface area contributed by atoms with E-state index in [1.165, 1.54) is 64.2 Å². The first-order valence-electron chi connectivity index (χ1n) is 8.59. The van der Waals surface area contributed by atoms with Crippen molar-refractivity contribution in [3.8, 4) is 0 Å². The molecule has 122 valence electrons. The summed E-state index contributed by atoms with van der Waals surface area (Å²) in [5, 5.41) is 0. The molecule has 0 spiro atoms. The van der Waals surface area contributed by atoms with Crippen LogP contribution in [-0.4, -0.2) is 27.9 Å². The van der Waals surface area contributed by atoms with Crippen molar-refractivity contribution in [1.82, 2.24) is 9.88 Å². The van der Waals surface area contributed by atoms with Gasteiger partial charge in [-0.1, -0.05) is 38.5 Å². The second-order valence-corrected chi connectivity index (χ2v) is 6.54. The van der Waals surface area contributed by atoms with Gasteiger partial charge in [-0.15, -0.1) is 12.4 Å². The van der Waals surface area contributed by atoms with Gasteiger partial charge >= 0.3 is 0 Å². The van der Waals surface area contributed by atoms with Crippen LogP contribution >= 0.6 is 12.4 Å². The average molecular weight is 323 g/mol. The molecule has 3 nitrogen and oxygen atoms in total. The summed E-state index contributed by atoms with van der Waals surface area (Å²) in [5.41, 5.74) is 0.758. The summed E-state index contributed by atoms with van der Waals surface area (Å²) in [6, 6.07) is 4.69. The monoisotopic (exact) mass is 322 g/mol. The highest BCUT2D eigenvalue weighted by molar-refractivity contribution is 5.94. The molecule has 0 aliphatic heterocycles. The summed E-state index contributed by atoms with van der Waals surface area (Å²) in [6.45, 7) is 0. The molecule has 0 N–H and O–H groups in total. The van der Waals surface area contributed by atoms with Crippen LogP contribution in [0.5, 0.6) is 0 Å². The van der Waals surface area contributed by atoms with Crippen LogP contribution < -0.4 is 0 Å². The lowest BCUT2D eigenvalue weighted by Gasteiger charge is -2.41. The van der Waals surface area contributed by atoms with Gasteiger partial charge in [0.15, 0.2) is 0 Å². The SMILES string of the molecule is Cl.O=C(c1cccnc1)N(C1CCCCC1)C1CCCCC1. The van der Waals surface area contributed by atoms with Gasteiger partial charge < -0.3 is 4.90 Å². The fourth-order valence-corrected chi connectivity index (χ4v) is 3.99. The first-order valence-corrected chi connectivity index (χ1v) is 8.59. The Balaban J connectivity index is 0.00000176. The summed E-state index contributed by atoms with van der Waals surface area (Å²) in [5.74, 6) is 0.210. The molecule has 2 aliphatic rings. The standard InChI is InChI=1S/C18H26N2O.ClH/c21-18(15-8-7-13-19-14-15)20(16-9-3-1-4-10-16)17-11-5-2-6-12-17;/h7-8,13-14,16-17H,1-6,9-12H2;1H. The van der Waals surface area contributed by atoms with Crippen LogP contribution in [-0.2, 0) is 0 Å². The fourth-order valence-electron chi connectivity index (χ4n) is 3.99. The highest BCUT2D eigenvalue weighted by Crippen LogP contribution is 2.31. The third kappa shape index (κ3) is 4.01. The van der Waals surface area contributed by atoms with E-state index in [4.69, 9.17) is 0 Å². The van der Waals surface area contributed by atoms with Gasteiger partial charge in [-0.05, 0) is 37.8 Å². The number of carbonyl (C=O) groups excluding carboxylic acids is 1. The number of hydrogen-bond donors (Lipinski definition) is 0. The van der Waals surface area contributed by atoms with Crippen LogP contribution in [0.2, 0.25) is 0 Å². The van der Waals surface area contributed by atoms with E-state index >= 15 is 0 Å². The molecule has 2 saturated carbocycles. The molecule has 0 bridgehead atoms. The highest BCUT2D eigenvalue weighted by Gasteiger charge is 2.32. The highest BCUT2D eigenvalue weighted by atomic mass is 35.5. The summed E-state index contributed by atoms with van der Waals surface area (Å²) in [4.78, 5) is 19.4. The molecule has 2 aliphatic carbocycles. The van der Waals surface area contributed by atoms with Gasteiger partial charge in [0.2, 0.25) is 0 Å². The molecule has 22 heavy (non-hydrogen) atoms. The Hall–Kier alpha value is -1.09. The zero-order valence-corrected chi connectivity index (χ0v) is 14.1. The predicted molar refractivity (Wildman–Crippen MR) is 91.4 cm³/mol. The van der Waals surface area contributed by atoms with Crippen LogP contribution in [0.4, 0.5) is 0 Å². The minimum atomic E-state index is 0. The molecule has 0 atom stereocenters. The second-order valence-electron chi connectivity index (χ2n) is 6.54. The van der Waals surface area contributed by atoms with E-state index in [2.05, 4.69) is 9.88 Å². The molecule has 0 radical (unpaired) electrons. The van der Waals surface area contributed by atoms with Crippen LogP contribution in [0.25, 0.3) is 0 Å². The van der Waals surface area contributed by atoms with Crippen LogP contribution in [0.15, 0.2) is 24.5 Å². The Morgan fingerprint density at radius 2 is 1.50 bits per heavy atom. The summed E-state index contributed by atoms with van der Waals surface area (Å²) >= 11 is 0. The van der Waals surface area contributed by atoms with Crippen molar-refractivity contribution in [3.63, 3.8) is 0 Å². The Kier molecular flexibility index (Phi) is 6.69. The lowest BCUT2D eigenvalue weighted by atomic mass is 9.88. The van der Waals surface area contributed by atoms with Crippen molar-refractivity contribution in [2.45, 2.75) is 76.3 Å². The fraction of sp³-hybridized carbons (Fsp3) is 0.667. The number of nitrogens with zero attached hydrogens (tertiary/aromatic N) is 2. The van der Waals surface area contributed by atoms with Gasteiger partial charge in [-0.25, -0.2) is 0 Å². The van der Waals surface area contributed by atoms with E-state index in [1.807, 2.05) is 12.1 Å². The van der Waals surface area contributed by atoms with Crippen LogP contribution in [0.3, 0.4) is 0 Å². The predicted octanol–water partition coefficient (Wildman–Crippen LogP) is 4.61. The maximum atomic E-state index is 13.0. The quantitative estimate of drug-likeness (QED) is 0.814. The zero-order valence-electron chi connectivity index (χ0n) is 13.2. The van der Waals surface area contributed by atoms with Crippen molar-refractivity contribution in [1.29, 1.82) is 0 Å². The second kappa shape index (κ2) is 8.52. The van der Waals surface area contributed by atoms with Crippen molar-refractivity contribution in [3.05, 3.63) is 30.1 Å². The van der Waals surface area contributed by atoms with Gasteiger partial charge in [-0.2, -0.15) is 0 Å². The van der Waals surface area contributed by atoms with Crippen LogP contribution in [0, 0.1) is 0 Å². The molecular weight excluding hydrogens is 296 g/mol. The Labute approximate surface area is 139 Å². The molecule has 0 saturated heterocycles. The van der Waals surface area contributed by atoms with Crippen molar-refractivity contribution in [2.75, 3.05) is 0 Å². The molecule has 0 aromatic carbocycles. The molecular formula is C18H27ClN2O. The lowest BCUT2D eigenvalue weighted by molar-refractivity contribution is 0.0448. The van der Waals surface area contributed by atoms with Gasteiger partial charge in [-0.3, -0.25) is 9.78 Å². The van der Waals surface area contributed by atoms with E-state index in [0.29, 0.717) is 12.1 Å². The number of rotatable bonds is 3. The number of carbonyl (C=O) groups is 1. The average Bonchev–Trinajstić information content (AvgIpc) is 2.58. The largest absolute Gasteiger partial charge is 0.333 e.